The third-order valence-electron chi connectivity index (χ3n) is 4.60. The first-order chi connectivity index (χ1) is 12.9. The van der Waals surface area contributed by atoms with Gasteiger partial charge >= 0.3 is 0 Å². The van der Waals surface area contributed by atoms with Crippen molar-refractivity contribution in [3.05, 3.63) is 29.0 Å². The van der Waals surface area contributed by atoms with Crippen LogP contribution in [-0.4, -0.2) is 50.3 Å². The number of ether oxygens (including phenoxy) is 3. The Morgan fingerprint density at radius 3 is 2.26 bits per heavy atom. The fourth-order valence-electron chi connectivity index (χ4n) is 3.24. The van der Waals surface area contributed by atoms with Gasteiger partial charge in [0.05, 0.1) is 32.9 Å². The average Bonchev–Trinajstić information content (AvgIpc) is 2.66. The number of carbonyl (C=O) groups excluding carboxylic acids is 1. The maximum absolute atomic E-state index is 13.2. The number of nitrogens with zero attached hydrogens (tertiary/aromatic N) is 1. The quantitative estimate of drug-likeness (QED) is 0.689. The van der Waals surface area contributed by atoms with Gasteiger partial charge in [-0.05, 0) is 45.1 Å². The van der Waals surface area contributed by atoms with Gasteiger partial charge < -0.3 is 29.7 Å². The predicted octanol–water partition coefficient (Wildman–Crippen LogP) is 2.37. The van der Waals surface area contributed by atoms with E-state index in [-0.39, 0.29) is 5.91 Å². The molecule has 0 bridgehead atoms. The van der Waals surface area contributed by atoms with Gasteiger partial charge in [0.2, 0.25) is 5.75 Å². The van der Waals surface area contributed by atoms with E-state index >= 15 is 0 Å². The molecule has 0 fully saturated rings. The molecule has 148 valence electrons. The molecule has 0 spiro atoms. The molecule has 1 aliphatic heterocycles. The average molecular weight is 394 g/mol. The zero-order valence-electron chi connectivity index (χ0n) is 16.6. The highest BCUT2D eigenvalue weighted by atomic mass is 32.1. The van der Waals surface area contributed by atoms with Crippen molar-refractivity contribution in [2.75, 3.05) is 34.4 Å². The van der Waals surface area contributed by atoms with Crippen molar-refractivity contribution in [1.29, 1.82) is 0 Å². The molecule has 2 N–H and O–H groups in total. The zero-order valence-corrected chi connectivity index (χ0v) is 17.5. The Hall–Kier alpha value is -2.48. The van der Waals surface area contributed by atoms with Crippen molar-refractivity contribution in [3.63, 3.8) is 0 Å². The van der Waals surface area contributed by atoms with Crippen LogP contribution < -0.4 is 24.8 Å². The smallest absolute Gasteiger partial charge is 0.253 e. The number of likely N-dealkylation sites (N-methyl/N-ethyl adjacent to an activating group) is 1. The maximum Gasteiger partial charge on any atom is 0.253 e. The van der Waals surface area contributed by atoms with E-state index in [0.717, 1.165) is 11.3 Å². The molecule has 27 heavy (non-hydrogen) atoms. The molecule has 0 unspecified atom stereocenters. The number of amides is 1. The van der Waals surface area contributed by atoms with E-state index in [1.54, 1.807) is 32.3 Å². The highest BCUT2D eigenvalue weighted by Gasteiger charge is 2.34. The van der Waals surface area contributed by atoms with Crippen LogP contribution in [0, 0.1) is 0 Å². The summed E-state index contributed by atoms with van der Waals surface area (Å²) in [6, 6.07) is 3.17. The van der Waals surface area contributed by atoms with E-state index in [4.69, 9.17) is 26.4 Å². The summed E-state index contributed by atoms with van der Waals surface area (Å²) < 4.78 is 16.5. The molecule has 0 saturated carbocycles. The summed E-state index contributed by atoms with van der Waals surface area (Å²) in [5.74, 6) is 1.46. The van der Waals surface area contributed by atoms with Crippen molar-refractivity contribution in [1.82, 2.24) is 15.5 Å². The van der Waals surface area contributed by atoms with Gasteiger partial charge in [0, 0.05) is 24.4 Å². The number of hydrogen-bond acceptors (Lipinski definition) is 5. The van der Waals surface area contributed by atoms with Crippen LogP contribution in [0.4, 0.5) is 0 Å². The van der Waals surface area contributed by atoms with Crippen molar-refractivity contribution in [2.45, 2.75) is 26.8 Å². The van der Waals surface area contributed by atoms with Crippen molar-refractivity contribution < 1.29 is 19.0 Å². The Balaban J connectivity index is 2.65. The van der Waals surface area contributed by atoms with E-state index < -0.39 is 6.04 Å². The number of methoxy groups -OCH3 is 3. The lowest BCUT2D eigenvalue weighted by Gasteiger charge is -2.33. The van der Waals surface area contributed by atoms with Crippen molar-refractivity contribution >= 4 is 23.2 Å². The highest BCUT2D eigenvalue weighted by Crippen LogP contribution is 2.44. The summed E-state index contributed by atoms with van der Waals surface area (Å²) in [5.41, 5.74) is 2.06. The number of allylic oxidation sites excluding steroid dienone is 1. The van der Waals surface area contributed by atoms with E-state index in [2.05, 4.69) is 10.6 Å². The Bertz CT molecular complexity index is 760. The molecule has 1 aliphatic rings. The zero-order chi connectivity index (χ0) is 20.1. The first kappa shape index (κ1) is 20.8. The number of hydrogen-bond donors (Lipinski definition) is 2. The minimum atomic E-state index is -0.471. The molecule has 1 heterocycles. The van der Waals surface area contributed by atoms with Crippen LogP contribution in [0.25, 0.3) is 0 Å². The van der Waals surface area contributed by atoms with Crippen molar-refractivity contribution in [3.8, 4) is 17.2 Å². The van der Waals surface area contributed by atoms with E-state index in [9.17, 15) is 4.79 Å². The lowest BCUT2D eigenvalue weighted by atomic mass is 9.93. The van der Waals surface area contributed by atoms with Crippen LogP contribution in [0.5, 0.6) is 17.2 Å². The van der Waals surface area contributed by atoms with E-state index in [1.807, 2.05) is 26.8 Å². The summed E-state index contributed by atoms with van der Waals surface area (Å²) in [6.45, 7) is 7.00. The Morgan fingerprint density at radius 1 is 1.11 bits per heavy atom. The molecule has 2 rings (SSSR count). The Morgan fingerprint density at radius 2 is 1.74 bits per heavy atom. The molecular weight excluding hydrogens is 366 g/mol. The molecule has 1 amide bonds. The Kier molecular flexibility index (Phi) is 6.90. The monoisotopic (exact) mass is 393 g/mol. The molecule has 0 aromatic heterocycles. The summed E-state index contributed by atoms with van der Waals surface area (Å²) in [4.78, 5) is 15.0. The Labute approximate surface area is 165 Å². The fourth-order valence-corrected chi connectivity index (χ4v) is 3.51. The molecule has 8 heteroatoms. The van der Waals surface area contributed by atoms with Gasteiger partial charge in [0.15, 0.2) is 16.6 Å². The normalized spacial score (nSPS) is 16.4. The predicted molar refractivity (Wildman–Crippen MR) is 108 cm³/mol. The highest BCUT2D eigenvalue weighted by molar-refractivity contribution is 7.80. The third-order valence-corrected chi connectivity index (χ3v) is 4.82. The molecule has 0 aliphatic carbocycles. The van der Waals surface area contributed by atoms with Gasteiger partial charge in [0.25, 0.3) is 5.91 Å². The fraction of sp³-hybridized carbons (Fsp3) is 0.474. The number of benzene rings is 1. The van der Waals surface area contributed by atoms with E-state index in [0.29, 0.717) is 41.0 Å². The molecule has 1 aromatic carbocycles. The summed E-state index contributed by atoms with van der Waals surface area (Å²) in [6.07, 6.45) is 0. The van der Waals surface area contributed by atoms with Gasteiger partial charge in [0.1, 0.15) is 0 Å². The molecule has 1 aromatic rings. The van der Waals surface area contributed by atoms with Gasteiger partial charge in [-0.1, -0.05) is 0 Å². The molecule has 0 saturated heterocycles. The summed E-state index contributed by atoms with van der Waals surface area (Å²) >= 11 is 5.33. The number of nitrogens with one attached hydrogen (secondary N) is 2. The minimum Gasteiger partial charge on any atom is -0.493 e. The summed E-state index contributed by atoms with van der Waals surface area (Å²) in [5, 5.41) is 6.71. The third kappa shape index (κ3) is 3.95. The lowest BCUT2D eigenvalue weighted by molar-refractivity contribution is -0.127. The van der Waals surface area contributed by atoms with Crippen LogP contribution in [0.3, 0.4) is 0 Å². The molecule has 7 nitrogen and oxygen atoms in total. The first-order valence-corrected chi connectivity index (χ1v) is 9.20. The SMILES string of the molecule is CCN(CC)C(=O)C1=C(C)NC(=S)N[C@H]1c1ccc(OC)c(OC)c1OC. The lowest BCUT2D eigenvalue weighted by Crippen LogP contribution is -2.47. The van der Waals surface area contributed by atoms with Crippen LogP contribution in [0.2, 0.25) is 0 Å². The second-order valence-electron chi connectivity index (χ2n) is 5.97. The van der Waals surface area contributed by atoms with Gasteiger partial charge in [-0.3, -0.25) is 4.79 Å². The van der Waals surface area contributed by atoms with Crippen LogP contribution in [0.15, 0.2) is 23.4 Å². The first-order valence-electron chi connectivity index (χ1n) is 8.79. The molecular formula is C19H27N3O4S. The van der Waals surface area contributed by atoms with Gasteiger partial charge in [-0.15, -0.1) is 0 Å². The number of rotatable bonds is 7. The second-order valence-corrected chi connectivity index (χ2v) is 6.38. The largest absolute Gasteiger partial charge is 0.493 e. The van der Waals surface area contributed by atoms with Crippen molar-refractivity contribution in [2.24, 2.45) is 0 Å². The van der Waals surface area contributed by atoms with E-state index in [1.165, 1.54) is 0 Å². The maximum atomic E-state index is 13.2. The van der Waals surface area contributed by atoms with Crippen LogP contribution in [-0.2, 0) is 4.79 Å². The van der Waals surface area contributed by atoms with Crippen LogP contribution in [0.1, 0.15) is 32.4 Å². The topological polar surface area (TPSA) is 72.1 Å². The minimum absolute atomic E-state index is 0.0539. The summed E-state index contributed by atoms with van der Waals surface area (Å²) in [7, 11) is 4.67. The standard InChI is InChI=1S/C19H27N3O4S/c1-7-22(8-2)18(23)14-11(3)20-19(27)21-15(14)12-9-10-13(24-4)17(26-6)16(12)25-5/h9-10,15H,7-8H2,1-6H3,(H2,20,21,27)/t15-/m0/s1. The number of thiocarbonyl (C=S) groups is 1. The van der Waals surface area contributed by atoms with Gasteiger partial charge in [-0.2, -0.15) is 0 Å². The molecule has 0 radical (unpaired) electrons. The number of carbonyl (C=O) groups is 1. The van der Waals surface area contributed by atoms with Crippen LogP contribution >= 0.6 is 12.2 Å². The molecule has 1 atom stereocenters. The second kappa shape index (κ2) is 8.94. The van der Waals surface area contributed by atoms with Gasteiger partial charge in [-0.25, -0.2) is 0 Å².